The lowest BCUT2D eigenvalue weighted by Gasteiger charge is -2.27. The lowest BCUT2D eigenvalue weighted by atomic mass is 10.0. The topological polar surface area (TPSA) is 82.1 Å². The standard InChI is InChI=1S/C24H25NO6/c1-29-20-12-11-15(13-21(20)31-16-7-3-4-8-16)19(14-22(26)30-2)25-23(27)17-9-5-6-10-18(17)24(25)28/h5-6,9-13,16,19H,3-4,7-8,14H2,1-2H3/t19-/m1/s1. The minimum absolute atomic E-state index is 0.0995. The van der Waals surface area contributed by atoms with Crippen molar-refractivity contribution in [1.82, 2.24) is 4.90 Å². The maximum atomic E-state index is 13.1. The molecule has 2 aromatic rings. The number of hydrogen-bond donors (Lipinski definition) is 0. The van der Waals surface area contributed by atoms with Crippen LogP contribution in [0.2, 0.25) is 0 Å². The minimum atomic E-state index is -0.823. The van der Waals surface area contributed by atoms with Crippen LogP contribution < -0.4 is 9.47 Å². The molecule has 0 spiro atoms. The summed E-state index contributed by atoms with van der Waals surface area (Å²) in [5, 5.41) is 0. The van der Waals surface area contributed by atoms with Gasteiger partial charge in [0, 0.05) is 0 Å². The molecule has 4 rings (SSSR count). The van der Waals surface area contributed by atoms with Gasteiger partial charge >= 0.3 is 5.97 Å². The molecule has 1 heterocycles. The highest BCUT2D eigenvalue weighted by atomic mass is 16.5. The first kappa shape index (κ1) is 20.9. The number of carbonyl (C=O) groups excluding carboxylic acids is 3. The van der Waals surface area contributed by atoms with Gasteiger partial charge in [-0.2, -0.15) is 0 Å². The molecule has 1 aliphatic heterocycles. The van der Waals surface area contributed by atoms with Crippen LogP contribution in [0.1, 0.15) is 64.4 Å². The van der Waals surface area contributed by atoms with Crippen LogP contribution in [0.5, 0.6) is 11.5 Å². The highest BCUT2D eigenvalue weighted by Crippen LogP contribution is 2.38. The molecule has 7 heteroatoms. The van der Waals surface area contributed by atoms with E-state index in [0.29, 0.717) is 28.2 Å². The molecule has 2 amide bonds. The summed E-state index contributed by atoms with van der Waals surface area (Å²) in [6, 6.07) is 11.1. The molecular formula is C24H25NO6. The van der Waals surface area contributed by atoms with E-state index in [1.807, 2.05) is 0 Å². The van der Waals surface area contributed by atoms with Crippen molar-refractivity contribution in [3.05, 3.63) is 59.2 Å². The molecule has 1 atom stereocenters. The summed E-state index contributed by atoms with van der Waals surface area (Å²) in [6.45, 7) is 0. The summed E-state index contributed by atoms with van der Waals surface area (Å²) in [4.78, 5) is 39.5. The number of nitrogens with zero attached hydrogens (tertiary/aromatic N) is 1. The SMILES string of the molecule is COC(=O)C[C@H](c1ccc(OC)c(OC2CCCC2)c1)N1C(=O)c2ccccc2C1=O. The average molecular weight is 423 g/mol. The Bertz CT molecular complexity index is 976. The fourth-order valence-corrected chi connectivity index (χ4v) is 4.27. The van der Waals surface area contributed by atoms with E-state index >= 15 is 0 Å². The van der Waals surface area contributed by atoms with E-state index < -0.39 is 23.8 Å². The van der Waals surface area contributed by atoms with Crippen molar-refractivity contribution < 1.29 is 28.6 Å². The van der Waals surface area contributed by atoms with Gasteiger partial charge in [0.1, 0.15) is 0 Å². The van der Waals surface area contributed by atoms with Gasteiger partial charge in [0.15, 0.2) is 11.5 Å². The fourth-order valence-electron chi connectivity index (χ4n) is 4.27. The molecule has 1 aliphatic carbocycles. The Morgan fingerprint density at radius 3 is 2.23 bits per heavy atom. The predicted molar refractivity (Wildman–Crippen MR) is 112 cm³/mol. The zero-order valence-corrected chi connectivity index (χ0v) is 17.6. The van der Waals surface area contributed by atoms with Crippen LogP contribution in [0, 0.1) is 0 Å². The zero-order chi connectivity index (χ0) is 22.0. The van der Waals surface area contributed by atoms with E-state index in [-0.39, 0.29) is 12.5 Å². The van der Waals surface area contributed by atoms with Crippen LogP contribution in [0.15, 0.2) is 42.5 Å². The number of hydrogen-bond acceptors (Lipinski definition) is 6. The first-order valence-corrected chi connectivity index (χ1v) is 10.4. The minimum Gasteiger partial charge on any atom is -0.493 e. The second kappa shape index (κ2) is 8.79. The Morgan fingerprint density at radius 2 is 1.65 bits per heavy atom. The van der Waals surface area contributed by atoms with Crippen molar-refractivity contribution in [2.45, 2.75) is 44.2 Å². The molecule has 0 N–H and O–H groups in total. The lowest BCUT2D eigenvalue weighted by molar-refractivity contribution is -0.141. The normalized spacial score (nSPS) is 16.9. The van der Waals surface area contributed by atoms with Crippen LogP contribution in [-0.4, -0.2) is 43.0 Å². The monoisotopic (exact) mass is 423 g/mol. The van der Waals surface area contributed by atoms with Gasteiger partial charge in [-0.3, -0.25) is 19.3 Å². The molecule has 7 nitrogen and oxygen atoms in total. The Labute approximate surface area is 180 Å². The molecule has 0 saturated heterocycles. The van der Waals surface area contributed by atoms with E-state index in [9.17, 15) is 14.4 Å². The number of imide groups is 1. The third kappa shape index (κ3) is 4.00. The van der Waals surface area contributed by atoms with Crippen LogP contribution >= 0.6 is 0 Å². The highest BCUT2D eigenvalue weighted by Gasteiger charge is 2.41. The predicted octanol–water partition coefficient (Wildman–Crippen LogP) is 3.92. The van der Waals surface area contributed by atoms with Crippen molar-refractivity contribution in [2.24, 2.45) is 0 Å². The second-order valence-corrected chi connectivity index (χ2v) is 7.76. The van der Waals surface area contributed by atoms with Crippen molar-refractivity contribution in [1.29, 1.82) is 0 Å². The number of methoxy groups -OCH3 is 2. The van der Waals surface area contributed by atoms with E-state index in [1.165, 1.54) is 7.11 Å². The molecule has 31 heavy (non-hydrogen) atoms. The Hall–Kier alpha value is -3.35. The van der Waals surface area contributed by atoms with Crippen molar-refractivity contribution in [3.63, 3.8) is 0 Å². The number of benzene rings is 2. The smallest absolute Gasteiger partial charge is 0.307 e. The van der Waals surface area contributed by atoms with Crippen molar-refractivity contribution in [2.75, 3.05) is 14.2 Å². The molecular weight excluding hydrogens is 398 g/mol. The summed E-state index contributed by atoms with van der Waals surface area (Å²) < 4.78 is 16.5. The molecule has 1 saturated carbocycles. The summed E-state index contributed by atoms with van der Waals surface area (Å²) in [6.07, 6.45) is 4.12. The molecule has 162 valence electrons. The molecule has 2 aromatic carbocycles. The first-order valence-electron chi connectivity index (χ1n) is 10.4. The van der Waals surface area contributed by atoms with Crippen LogP contribution in [0.4, 0.5) is 0 Å². The maximum absolute atomic E-state index is 13.1. The maximum Gasteiger partial charge on any atom is 0.307 e. The van der Waals surface area contributed by atoms with Gasteiger partial charge < -0.3 is 14.2 Å². The summed E-state index contributed by atoms with van der Waals surface area (Å²) in [5.74, 6) is -0.268. The molecule has 0 bridgehead atoms. The first-order chi connectivity index (χ1) is 15.0. The number of esters is 1. The van der Waals surface area contributed by atoms with Crippen LogP contribution in [0.25, 0.3) is 0 Å². The third-order valence-corrected chi connectivity index (χ3v) is 5.89. The Kier molecular flexibility index (Phi) is 5.93. The number of ether oxygens (including phenoxy) is 3. The Morgan fingerprint density at radius 1 is 1.00 bits per heavy atom. The van der Waals surface area contributed by atoms with Gasteiger partial charge in [-0.05, 0) is 55.5 Å². The van der Waals surface area contributed by atoms with E-state index in [1.54, 1.807) is 49.6 Å². The largest absolute Gasteiger partial charge is 0.493 e. The second-order valence-electron chi connectivity index (χ2n) is 7.76. The van der Waals surface area contributed by atoms with Crippen LogP contribution in [-0.2, 0) is 9.53 Å². The van der Waals surface area contributed by atoms with Gasteiger partial charge in [-0.15, -0.1) is 0 Å². The van der Waals surface area contributed by atoms with E-state index in [2.05, 4.69) is 0 Å². The molecule has 0 unspecified atom stereocenters. The third-order valence-electron chi connectivity index (χ3n) is 5.89. The molecule has 1 fully saturated rings. The molecule has 0 radical (unpaired) electrons. The van der Waals surface area contributed by atoms with Gasteiger partial charge in [0.05, 0.1) is 43.9 Å². The van der Waals surface area contributed by atoms with Gasteiger partial charge in [0.2, 0.25) is 0 Å². The quantitative estimate of drug-likeness (QED) is 0.496. The number of amides is 2. The van der Waals surface area contributed by atoms with Crippen LogP contribution in [0.3, 0.4) is 0 Å². The number of rotatable bonds is 7. The molecule has 2 aliphatic rings. The lowest BCUT2D eigenvalue weighted by Crippen LogP contribution is -2.35. The van der Waals surface area contributed by atoms with E-state index in [4.69, 9.17) is 14.2 Å². The van der Waals surface area contributed by atoms with Gasteiger partial charge in [-0.1, -0.05) is 18.2 Å². The highest BCUT2D eigenvalue weighted by molar-refractivity contribution is 6.21. The zero-order valence-electron chi connectivity index (χ0n) is 17.6. The molecule has 0 aromatic heterocycles. The summed E-state index contributed by atoms with van der Waals surface area (Å²) in [5.41, 5.74) is 1.27. The van der Waals surface area contributed by atoms with Gasteiger partial charge in [-0.25, -0.2) is 0 Å². The Balaban J connectivity index is 1.72. The van der Waals surface area contributed by atoms with E-state index in [0.717, 1.165) is 30.6 Å². The fraction of sp³-hybridized carbons (Fsp3) is 0.375. The van der Waals surface area contributed by atoms with Gasteiger partial charge in [0.25, 0.3) is 11.8 Å². The summed E-state index contributed by atoms with van der Waals surface area (Å²) in [7, 11) is 2.84. The van der Waals surface area contributed by atoms with Crippen molar-refractivity contribution in [3.8, 4) is 11.5 Å². The summed E-state index contributed by atoms with van der Waals surface area (Å²) >= 11 is 0. The average Bonchev–Trinajstić information content (AvgIpc) is 3.39. The number of carbonyl (C=O) groups is 3. The van der Waals surface area contributed by atoms with Crippen molar-refractivity contribution >= 4 is 17.8 Å². The number of fused-ring (bicyclic) bond motifs is 1.